The third-order valence-corrected chi connectivity index (χ3v) is 4.64. The molecule has 0 atom stereocenters. The van der Waals surface area contributed by atoms with E-state index in [1.54, 1.807) is 0 Å². The molecule has 2 saturated heterocycles. The predicted molar refractivity (Wildman–Crippen MR) is 97.9 cm³/mol. The second-order valence-corrected chi connectivity index (χ2v) is 6.36. The summed E-state index contributed by atoms with van der Waals surface area (Å²) >= 11 is 0. The zero-order valence-corrected chi connectivity index (χ0v) is 14.7. The Labute approximate surface area is 152 Å². The average molecular weight is 351 g/mol. The number of anilines is 2. The van der Waals surface area contributed by atoms with Gasteiger partial charge in [-0.05, 0) is 31.2 Å². The molecule has 0 aromatic heterocycles. The van der Waals surface area contributed by atoms with Gasteiger partial charge in [0.05, 0.1) is 31.1 Å². The minimum Gasteiger partial charge on any atom is -0.462 e. The van der Waals surface area contributed by atoms with E-state index in [0.717, 1.165) is 11.4 Å². The Morgan fingerprint density at radius 2 is 1.42 bits per heavy atom. The number of carbonyl (C=O) groups excluding carboxylic acids is 1. The first-order chi connectivity index (χ1) is 12.7. The van der Waals surface area contributed by atoms with Gasteiger partial charge in [0.25, 0.3) is 0 Å². The van der Waals surface area contributed by atoms with E-state index in [-0.39, 0.29) is 5.97 Å². The maximum absolute atomic E-state index is 12.5. The van der Waals surface area contributed by atoms with E-state index < -0.39 is 5.79 Å². The fraction of sp³-hybridized carbons (Fsp3) is 0.286. The standard InChI is InChI=1S/C21H21NO4/c1-21(25-14-15-26-21)19(18-12-13-24-20(18)23)22(16-8-4-2-5-9-16)17-10-6-3-7-11-17/h2-11H,12-15H2,1H3/b19-18+. The van der Waals surface area contributed by atoms with Crippen LogP contribution in [0.1, 0.15) is 13.3 Å². The van der Waals surface area contributed by atoms with Gasteiger partial charge in [0.1, 0.15) is 0 Å². The van der Waals surface area contributed by atoms with Crippen LogP contribution in [-0.2, 0) is 19.0 Å². The first kappa shape index (κ1) is 16.8. The second-order valence-electron chi connectivity index (χ2n) is 6.36. The summed E-state index contributed by atoms with van der Waals surface area (Å²) in [6.45, 7) is 3.22. The van der Waals surface area contributed by atoms with Crippen LogP contribution in [0.4, 0.5) is 11.4 Å². The van der Waals surface area contributed by atoms with Gasteiger partial charge in [-0.15, -0.1) is 0 Å². The summed E-state index contributed by atoms with van der Waals surface area (Å²) in [6, 6.07) is 19.8. The van der Waals surface area contributed by atoms with Crippen LogP contribution in [0.5, 0.6) is 0 Å². The third kappa shape index (κ3) is 3.00. The number of rotatable bonds is 4. The molecule has 2 aromatic carbocycles. The van der Waals surface area contributed by atoms with Crippen LogP contribution in [0.15, 0.2) is 71.9 Å². The van der Waals surface area contributed by atoms with Crippen molar-refractivity contribution in [2.45, 2.75) is 19.1 Å². The first-order valence-electron chi connectivity index (χ1n) is 8.78. The second kappa shape index (κ2) is 6.94. The molecule has 2 aromatic rings. The molecule has 4 rings (SSSR count). The average Bonchev–Trinajstić information content (AvgIpc) is 3.30. The molecular weight excluding hydrogens is 330 g/mol. The van der Waals surface area contributed by atoms with Gasteiger partial charge in [0.15, 0.2) is 0 Å². The summed E-state index contributed by atoms with van der Waals surface area (Å²) < 4.78 is 17.2. The molecule has 0 saturated carbocycles. The van der Waals surface area contributed by atoms with E-state index in [2.05, 4.69) is 0 Å². The highest BCUT2D eigenvalue weighted by atomic mass is 16.7. The molecule has 5 heteroatoms. The molecule has 0 aliphatic carbocycles. The van der Waals surface area contributed by atoms with Gasteiger partial charge in [0, 0.05) is 17.8 Å². The number of carbonyl (C=O) groups is 1. The SMILES string of the molecule is CC1(/C(=C2/CCOC2=O)N(c2ccccc2)c2ccccc2)OCCO1. The lowest BCUT2D eigenvalue weighted by atomic mass is 10.0. The lowest BCUT2D eigenvalue weighted by Crippen LogP contribution is -2.39. The van der Waals surface area contributed by atoms with E-state index in [1.165, 1.54) is 0 Å². The zero-order valence-electron chi connectivity index (χ0n) is 14.7. The van der Waals surface area contributed by atoms with Crippen LogP contribution in [-0.4, -0.2) is 31.6 Å². The van der Waals surface area contributed by atoms with Crippen LogP contribution in [0.2, 0.25) is 0 Å². The Kier molecular flexibility index (Phi) is 4.49. The van der Waals surface area contributed by atoms with Gasteiger partial charge in [-0.1, -0.05) is 36.4 Å². The summed E-state index contributed by atoms with van der Waals surface area (Å²) in [4.78, 5) is 14.5. The fourth-order valence-corrected chi connectivity index (χ4v) is 3.47. The summed E-state index contributed by atoms with van der Waals surface area (Å²) in [7, 11) is 0. The Bertz CT molecular complexity index is 771. The van der Waals surface area contributed by atoms with Gasteiger partial charge in [-0.25, -0.2) is 4.79 Å². The molecule has 2 heterocycles. The number of para-hydroxylation sites is 2. The summed E-state index contributed by atoms with van der Waals surface area (Å²) in [5, 5.41) is 0. The minimum absolute atomic E-state index is 0.308. The monoisotopic (exact) mass is 351 g/mol. The Morgan fingerprint density at radius 1 is 0.885 bits per heavy atom. The largest absolute Gasteiger partial charge is 0.462 e. The van der Waals surface area contributed by atoms with Crippen LogP contribution < -0.4 is 4.90 Å². The highest BCUT2D eigenvalue weighted by Crippen LogP contribution is 2.41. The number of esters is 1. The number of ether oxygens (including phenoxy) is 3. The highest BCUT2D eigenvalue weighted by molar-refractivity contribution is 5.93. The predicted octanol–water partition coefficient (Wildman–Crippen LogP) is 3.79. The van der Waals surface area contributed by atoms with E-state index >= 15 is 0 Å². The lowest BCUT2D eigenvalue weighted by molar-refractivity contribution is -0.136. The van der Waals surface area contributed by atoms with E-state index in [9.17, 15) is 4.79 Å². The molecule has 0 amide bonds. The fourth-order valence-electron chi connectivity index (χ4n) is 3.47. The Hall–Kier alpha value is -2.63. The maximum atomic E-state index is 12.5. The van der Waals surface area contributed by atoms with Crippen molar-refractivity contribution >= 4 is 17.3 Å². The Morgan fingerprint density at radius 3 is 1.88 bits per heavy atom. The van der Waals surface area contributed by atoms with E-state index in [1.807, 2.05) is 72.5 Å². The minimum atomic E-state index is -1.01. The van der Waals surface area contributed by atoms with Crippen molar-refractivity contribution in [1.29, 1.82) is 0 Å². The van der Waals surface area contributed by atoms with Crippen molar-refractivity contribution in [2.24, 2.45) is 0 Å². The molecule has 2 aliphatic heterocycles. The van der Waals surface area contributed by atoms with Crippen molar-refractivity contribution in [3.63, 3.8) is 0 Å². The molecule has 0 radical (unpaired) electrons. The van der Waals surface area contributed by atoms with E-state index in [4.69, 9.17) is 14.2 Å². The zero-order chi connectivity index (χ0) is 18.0. The molecule has 134 valence electrons. The quantitative estimate of drug-likeness (QED) is 0.620. The molecule has 26 heavy (non-hydrogen) atoms. The number of cyclic esters (lactones) is 1. The number of hydrogen-bond donors (Lipinski definition) is 0. The number of benzene rings is 2. The van der Waals surface area contributed by atoms with Gasteiger partial charge < -0.3 is 19.1 Å². The smallest absolute Gasteiger partial charge is 0.336 e. The first-order valence-corrected chi connectivity index (χ1v) is 8.78. The van der Waals surface area contributed by atoms with Crippen LogP contribution in [0.3, 0.4) is 0 Å². The van der Waals surface area contributed by atoms with Gasteiger partial charge in [-0.2, -0.15) is 0 Å². The Balaban J connectivity index is 1.95. The van der Waals surface area contributed by atoms with Gasteiger partial charge in [0.2, 0.25) is 5.79 Å². The normalized spacial score (nSPS) is 20.7. The van der Waals surface area contributed by atoms with Crippen molar-refractivity contribution in [3.8, 4) is 0 Å². The van der Waals surface area contributed by atoms with Crippen molar-refractivity contribution in [2.75, 3.05) is 24.7 Å². The summed E-state index contributed by atoms with van der Waals surface area (Å²) in [6.07, 6.45) is 0.534. The lowest BCUT2D eigenvalue weighted by Gasteiger charge is -2.36. The molecule has 0 bridgehead atoms. The van der Waals surface area contributed by atoms with Crippen molar-refractivity contribution in [3.05, 3.63) is 71.9 Å². The molecule has 2 fully saturated rings. The third-order valence-electron chi connectivity index (χ3n) is 4.64. The van der Waals surface area contributed by atoms with Crippen LogP contribution in [0.25, 0.3) is 0 Å². The summed E-state index contributed by atoms with van der Waals surface area (Å²) in [5.74, 6) is -1.32. The molecular formula is C21H21NO4. The molecule has 2 aliphatic rings. The summed E-state index contributed by atoms with van der Waals surface area (Å²) in [5.41, 5.74) is 3.15. The van der Waals surface area contributed by atoms with Gasteiger partial charge >= 0.3 is 5.97 Å². The maximum Gasteiger partial charge on any atom is 0.336 e. The number of hydrogen-bond acceptors (Lipinski definition) is 5. The molecule has 5 nitrogen and oxygen atoms in total. The molecule has 0 N–H and O–H groups in total. The topological polar surface area (TPSA) is 48.0 Å². The van der Waals surface area contributed by atoms with Crippen LogP contribution in [0, 0.1) is 0 Å². The molecule has 0 unspecified atom stereocenters. The van der Waals surface area contributed by atoms with Crippen molar-refractivity contribution in [1.82, 2.24) is 0 Å². The van der Waals surface area contributed by atoms with E-state index in [0.29, 0.717) is 37.5 Å². The highest BCUT2D eigenvalue weighted by Gasteiger charge is 2.44. The van der Waals surface area contributed by atoms with Gasteiger partial charge in [-0.3, -0.25) is 0 Å². The van der Waals surface area contributed by atoms with Crippen molar-refractivity contribution < 1.29 is 19.0 Å². The number of nitrogens with zero attached hydrogens (tertiary/aromatic N) is 1. The molecule has 0 spiro atoms. The van der Waals surface area contributed by atoms with Crippen LogP contribution >= 0.6 is 0 Å².